The molecule has 0 atom stereocenters. The first kappa shape index (κ1) is 11.7. The van der Waals surface area contributed by atoms with Crippen molar-refractivity contribution in [3.8, 4) is 16.9 Å². The van der Waals surface area contributed by atoms with Crippen molar-refractivity contribution in [2.24, 2.45) is 0 Å². The molecule has 90 valence electrons. The Bertz CT molecular complexity index is 535. The first-order valence-electron chi connectivity index (χ1n) is 5.46. The highest BCUT2D eigenvalue weighted by Crippen LogP contribution is 2.38. The van der Waals surface area contributed by atoms with Gasteiger partial charge in [0.05, 0.1) is 6.26 Å². The zero-order chi connectivity index (χ0) is 12.6. The van der Waals surface area contributed by atoms with Gasteiger partial charge >= 0.3 is 0 Å². The largest absolute Gasteiger partial charge is 0.507 e. The fourth-order valence-corrected chi connectivity index (χ4v) is 1.83. The van der Waals surface area contributed by atoms with Crippen LogP contribution in [0.15, 0.2) is 34.9 Å². The first-order valence-corrected chi connectivity index (χ1v) is 5.46. The van der Waals surface area contributed by atoms with Gasteiger partial charge in [-0.15, -0.1) is 0 Å². The maximum Gasteiger partial charge on any atom is 0.124 e. The average Bonchev–Trinajstić information content (AvgIpc) is 2.69. The van der Waals surface area contributed by atoms with Crippen LogP contribution in [0, 0.1) is 5.82 Å². The van der Waals surface area contributed by atoms with Crippen LogP contribution in [0.4, 0.5) is 4.39 Å². The highest BCUT2D eigenvalue weighted by atomic mass is 19.1. The lowest BCUT2D eigenvalue weighted by atomic mass is 9.88. The van der Waals surface area contributed by atoms with Gasteiger partial charge in [0.15, 0.2) is 0 Å². The second kappa shape index (κ2) is 3.91. The zero-order valence-corrected chi connectivity index (χ0v) is 10.1. The number of aromatic hydroxyl groups is 1. The van der Waals surface area contributed by atoms with E-state index in [1.807, 2.05) is 20.8 Å². The third kappa shape index (κ3) is 2.18. The van der Waals surface area contributed by atoms with Crippen molar-refractivity contribution < 1.29 is 13.9 Å². The topological polar surface area (TPSA) is 33.4 Å². The summed E-state index contributed by atoms with van der Waals surface area (Å²) in [5, 5.41) is 9.79. The Morgan fingerprint density at radius 1 is 1.12 bits per heavy atom. The molecule has 0 aliphatic carbocycles. The third-order valence-electron chi connectivity index (χ3n) is 2.60. The molecule has 0 aliphatic rings. The smallest absolute Gasteiger partial charge is 0.124 e. The Hall–Kier alpha value is -1.77. The molecule has 3 heteroatoms. The van der Waals surface area contributed by atoms with Crippen LogP contribution in [-0.4, -0.2) is 5.11 Å². The molecule has 2 aromatic rings. The quantitative estimate of drug-likeness (QED) is 0.806. The molecule has 0 unspecified atom stereocenters. The van der Waals surface area contributed by atoms with E-state index in [-0.39, 0.29) is 17.0 Å². The number of furan rings is 1. The number of hydrogen-bond donors (Lipinski definition) is 1. The number of benzene rings is 1. The fraction of sp³-hybridized carbons (Fsp3) is 0.286. The van der Waals surface area contributed by atoms with E-state index in [2.05, 4.69) is 0 Å². The molecule has 2 rings (SSSR count). The maximum atomic E-state index is 13.2. The molecule has 1 N–H and O–H groups in total. The molecular formula is C14H15FO2. The molecule has 0 saturated heterocycles. The first-order chi connectivity index (χ1) is 7.89. The molecular weight excluding hydrogens is 219 g/mol. The van der Waals surface area contributed by atoms with Crippen molar-refractivity contribution in [2.75, 3.05) is 0 Å². The van der Waals surface area contributed by atoms with Crippen LogP contribution in [0.2, 0.25) is 0 Å². The van der Waals surface area contributed by atoms with Gasteiger partial charge in [0.2, 0.25) is 0 Å². The standard InChI is InChI=1S/C14H15FO2/c1-14(2,3)13-10(6-7-17-13)11-8-9(15)4-5-12(11)16/h4-8,16H,1-3H3. The van der Waals surface area contributed by atoms with Crippen LogP contribution in [0.5, 0.6) is 5.75 Å². The lowest BCUT2D eigenvalue weighted by molar-refractivity contribution is 0.410. The summed E-state index contributed by atoms with van der Waals surface area (Å²) in [6, 6.07) is 5.64. The van der Waals surface area contributed by atoms with Gasteiger partial charge in [-0.25, -0.2) is 4.39 Å². The van der Waals surface area contributed by atoms with Gasteiger partial charge in [0.25, 0.3) is 0 Å². The molecule has 0 saturated carbocycles. The minimum Gasteiger partial charge on any atom is -0.507 e. The van der Waals surface area contributed by atoms with Gasteiger partial charge in [0.1, 0.15) is 17.3 Å². The van der Waals surface area contributed by atoms with Crippen LogP contribution in [0.3, 0.4) is 0 Å². The Morgan fingerprint density at radius 3 is 2.47 bits per heavy atom. The Morgan fingerprint density at radius 2 is 1.82 bits per heavy atom. The summed E-state index contributed by atoms with van der Waals surface area (Å²) in [5.74, 6) is 0.413. The highest BCUT2D eigenvalue weighted by Gasteiger charge is 2.23. The Kier molecular flexibility index (Phi) is 2.69. The third-order valence-corrected chi connectivity index (χ3v) is 2.60. The SMILES string of the molecule is CC(C)(C)c1occc1-c1cc(F)ccc1O. The van der Waals surface area contributed by atoms with Crippen LogP contribution in [0.1, 0.15) is 26.5 Å². The molecule has 1 aromatic heterocycles. The number of phenols is 1. The van der Waals surface area contributed by atoms with Crippen molar-refractivity contribution in [3.05, 3.63) is 42.1 Å². The van der Waals surface area contributed by atoms with Crippen LogP contribution < -0.4 is 0 Å². The van der Waals surface area contributed by atoms with Crippen molar-refractivity contribution in [1.29, 1.82) is 0 Å². The minimum absolute atomic E-state index is 0.0540. The molecule has 0 radical (unpaired) electrons. The fourth-order valence-electron chi connectivity index (χ4n) is 1.83. The van der Waals surface area contributed by atoms with E-state index in [4.69, 9.17) is 4.42 Å². The molecule has 2 nitrogen and oxygen atoms in total. The number of phenolic OH excluding ortho intramolecular Hbond substituents is 1. The lowest BCUT2D eigenvalue weighted by Crippen LogP contribution is -2.10. The average molecular weight is 234 g/mol. The second-order valence-corrected chi connectivity index (χ2v) is 5.07. The van der Waals surface area contributed by atoms with E-state index in [0.717, 1.165) is 11.3 Å². The predicted molar refractivity (Wildman–Crippen MR) is 64.5 cm³/mol. The maximum absolute atomic E-state index is 13.2. The number of rotatable bonds is 1. The Labute approximate surface area is 99.7 Å². The monoisotopic (exact) mass is 234 g/mol. The van der Waals surface area contributed by atoms with Crippen LogP contribution in [-0.2, 0) is 5.41 Å². The van der Waals surface area contributed by atoms with Crippen LogP contribution >= 0.6 is 0 Å². The normalized spacial score (nSPS) is 11.8. The second-order valence-electron chi connectivity index (χ2n) is 5.07. The van der Waals surface area contributed by atoms with Gasteiger partial charge in [-0.1, -0.05) is 20.8 Å². The summed E-state index contributed by atoms with van der Waals surface area (Å²) >= 11 is 0. The van der Waals surface area contributed by atoms with E-state index in [0.29, 0.717) is 5.56 Å². The molecule has 1 heterocycles. The molecule has 17 heavy (non-hydrogen) atoms. The van der Waals surface area contributed by atoms with Crippen LogP contribution in [0.25, 0.3) is 11.1 Å². The van der Waals surface area contributed by atoms with Gasteiger partial charge in [-0.05, 0) is 24.3 Å². The van der Waals surface area contributed by atoms with Crippen molar-refractivity contribution in [2.45, 2.75) is 26.2 Å². The van der Waals surface area contributed by atoms with Crippen molar-refractivity contribution >= 4 is 0 Å². The van der Waals surface area contributed by atoms with E-state index in [9.17, 15) is 9.50 Å². The van der Waals surface area contributed by atoms with E-state index >= 15 is 0 Å². The van der Waals surface area contributed by atoms with Gasteiger partial charge in [0, 0.05) is 16.5 Å². The minimum atomic E-state index is -0.376. The van der Waals surface area contributed by atoms with Crippen molar-refractivity contribution in [1.82, 2.24) is 0 Å². The molecule has 0 spiro atoms. The number of halogens is 1. The molecule has 0 amide bonds. The summed E-state index contributed by atoms with van der Waals surface area (Å²) in [6.07, 6.45) is 1.56. The predicted octanol–water partition coefficient (Wildman–Crippen LogP) is 4.09. The van der Waals surface area contributed by atoms with Gasteiger partial charge in [-0.3, -0.25) is 0 Å². The zero-order valence-electron chi connectivity index (χ0n) is 10.1. The summed E-state index contributed by atoms with van der Waals surface area (Å²) in [5.41, 5.74) is 0.996. The molecule has 0 bridgehead atoms. The van der Waals surface area contributed by atoms with Gasteiger partial charge < -0.3 is 9.52 Å². The highest BCUT2D eigenvalue weighted by molar-refractivity contribution is 5.72. The van der Waals surface area contributed by atoms with Crippen molar-refractivity contribution in [3.63, 3.8) is 0 Å². The van der Waals surface area contributed by atoms with Gasteiger partial charge in [-0.2, -0.15) is 0 Å². The molecule has 0 fully saturated rings. The summed E-state index contributed by atoms with van der Waals surface area (Å²) in [6.45, 7) is 6.02. The lowest BCUT2D eigenvalue weighted by Gasteiger charge is -2.17. The molecule has 1 aromatic carbocycles. The summed E-state index contributed by atoms with van der Waals surface area (Å²) in [7, 11) is 0. The van der Waals surface area contributed by atoms with E-state index < -0.39 is 0 Å². The summed E-state index contributed by atoms with van der Waals surface area (Å²) in [4.78, 5) is 0. The van der Waals surface area contributed by atoms with E-state index in [1.165, 1.54) is 18.2 Å². The summed E-state index contributed by atoms with van der Waals surface area (Å²) < 4.78 is 18.7. The molecule has 0 aliphatic heterocycles. The van der Waals surface area contributed by atoms with E-state index in [1.54, 1.807) is 12.3 Å². The Balaban J connectivity index is 2.61. The number of hydrogen-bond acceptors (Lipinski definition) is 2.